The number of hydrogen-bond donors (Lipinski definition) is 0. The molecule has 0 aromatic heterocycles. The van der Waals surface area contributed by atoms with Crippen LogP contribution in [0.15, 0.2) is 18.2 Å². The van der Waals surface area contributed by atoms with Crippen molar-refractivity contribution >= 4 is 11.9 Å². The third-order valence-corrected chi connectivity index (χ3v) is 4.35. The highest BCUT2D eigenvalue weighted by Gasteiger charge is 2.52. The highest BCUT2D eigenvalue weighted by molar-refractivity contribution is 6.06. The highest BCUT2D eigenvalue weighted by Crippen LogP contribution is 2.32. The first-order chi connectivity index (χ1) is 9.82. The first-order valence-corrected chi connectivity index (χ1v) is 6.85. The maximum atomic E-state index is 13.3. The number of fused-ring (bicyclic) bond motifs is 1. The number of likely N-dealkylation sites (N-methyl/N-ethyl adjacent to an activating group) is 1. The predicted octanol–water partition coefficient (Wildman–Crippen LogP) is 1.80. The molecule has 2 heterocycles. The van der Waals surface area contributed by atoms with Crippen molar-refractivity contribution in [1.29, 1.82) is 0 Å². The maximum Gasteiger partial charge on any atom is 0.327 e. The van der Waals surface area contributed by atoms with Crippen LogP contribution in [0, 0.1) is 5.82 Å². The van der Waals surface area contributed by atoms with Crippen LogP contribution in [-0.4, -0.2) is 47.0 Å². The van der Waals surface area contributed by atoms with Gasteiger partial charge in [0.25, 0.3) is 5.91 Å². The minimum Gasteiger partial charge on any atom is -0.491 e. The van der Waals surface area contributed by atoms with Crippen molar-refractivity contribution in [3.63, 3.8) is 0 Å². The Hall–Kier alpha value is -2.11. The molecule has 2 aliphatic heterocycles. The number of rotatable bonds is 1. The maximum absolute atomic E-state index is 13.3. The number of halogens is 1. The van der Waals surface area contributed by atoms with Crippen molar-refractivity contribution < 1.29 is 18.7 Å². The largest absolute Gasteiger partial charge is 0.491 e. The predicted molar refractivity (Wildman–Crippen MR) is 73.5 cm³/mol. The molecular formula is C15H17FN2O3. The van der Waals surface area contributed by atoms with Crippen molar-refractivity contribution in [2.45, 2.75) is 31.8 Å². The fourth-order valence-corrected chi connectivity index (χ4v) is 2.76. The summed E-state index contributed by atoms with van der Waals surface area (Å²) in [5.41, 5.74) is -0.182. The summed E-state index contributed by atoms with van der Waals surface area (Å²) in [4.78, 5) is 27.4. The molecule has 0 spiro atoms. The van der Waals surface area contributed by atoms with Crippen molar-refractivity contribution in [1.82, 2.24) is 9.80 Å². The Morgan fingerprint density at radius 1 is 1.33 bits per heavy atom. The van der Waals surface area contributed by atoms with E-state index in [2.05, 4.69) is 0 Å². The van der Waals surface area contributed by atoms with Gasteiger partial charge < -0.3 is 9.64 Å². The van der Waals surface area contributed by atoms with E-state index in [0.717, 1.165) is 0 Å². The number of ether oxygens (including phenoxy) is 1. The zero-order valence-corrected chi connectivity index (χ0v) is 12.2. The molecule has 1 aromatic carbocycles. The molecule has 0 N–H and O–H groups in total. The average Bonchev–Trinajstić information content (AvgIpc) is 2.59. The zero-order valence-electron chi connectivity index (χ0n) is 12.2. The molecule has 0 aliphatic carbocycles. The standard InChI is InChI=1S/C15H17FN2O3/c1-15(2)13(19)18(14(20)17(15)3)11-7-9-6-10(16)4-5-12(9)21-8-11/h4-6,11H,7-8H2,1-3H3/t11-/m0/s1. The average molecular weight is 292 g/mol. The molecular weight excluding hydrogens is 275 g/mol. The van der Waals surface area contributed by atoms with Gasteiger partial charge in [-0.25, -0.2) is 9.18 Å². The lowest BCUT2D eigenvalue weighted by Gasteiger charge is -2.30. The molecule has 0 unspecified atom stereocenters. The Morgan fingerprint density at radius 3 is 2.67 bits per heavy atom. The molecule has 1 aromatic rings. The molecule has 0 saturated carbocycles. The molecule has 21 heavy (non-hydrogen) atoms. The van der Waals surface area contributed by atoms with E-state index in [-0.39, 0.29) is 24.4 Å². The van der Waals surface area contributed by atoms with E-state index in [1.807, 2.05) is 0 Å². The first-order valence-electron chi connectivity index (χ1n) is 6.85. The number of nitrogens with zero attached hydrogens (tertiary/aromatic N) is 2. The lowest BCUT2D eigenvalue weighted by Crippen LogP contribution is -2.48. The minimum atomic E-state index is -0.862. The third kappa shape index (κ3) is 1.97. The lowest BCUT2D eigenvalue weighted by atomic mass is 9.99. The smallest absolute Gasteiger partial charge is 0.327 e. The van der Waals surface area contributed by atoms with E-state index in [9.17, 15) is 14.0 Å². The van der Waals surface area contributed by atoms with Gasteiger partial charge in [0, 0.05) is 13.5 Å². The zero-order chi connectivity index (χ0) is 15.4. The van der Waals surface area contributed by atoms with E-state index in [0.29, 0.717) is 17.7 Å². The molecule has 0 radical (unpaired) electrons. The number of carbonyl (C=O) groups is 2. The number of carbonyl (C=O) groups excluding carboxylic acids is 2. The molecule has 1 saturated heterocycles. The van der Waals surface area contributed by atoms with Gasteiger partial charge in [-0.15, -0.1) is 0 Å². The van der Waals surface area contributed by atoms with Crippen LogP contribution in [0.3, 0.4) is 0 Å². The second kappa shape index (κ2) is 4.44. The van der Waals surface area contributed by atoms with E-state index >= 15 is 0 Å². The van der Waals surface area contributed by atoms with Crippen LogP contribution in [0.5, 0.6) is 5.75 Å². The van der Waals surface area contributed by atoms with E-state index in [1.54, 1.807) is 27.0 Å². The molecule has 112 valence electrons. The Morgan fingerprint density at radius 2 is 2.05 bits per heavy atom. The van der Waals surface area contributed by atoms with Gasteiger partial charge >= 0.3 is 6.03 Å². The summed E-state index contributed by atoms with van der Waals surface area (Å²) in [5.74, 6) is 0.0114. The van der Waals surface area contributed by atoms with Crippen LogP contribution in [0.25, 0.3) is 0 Å². The Balaban J connectivity index is 1.90. The topological polar surface area (TPSA) is 49.9 Å². The van der Waals surface area contributed by atoms with Gasteiger partial charge in [-0.05, 0) is 37.6 Å². The first kappa shape index (κ1) is 13.9. The Kier molecular flexibility index (Phi) is 2.93. The number of benzene rings is 1. The summed E-state index contributed by atoms with van der Waals surface area (Å²) in [6.45, 7) is 3.66. The van der Waals surface area contributed by atoms with Gasteiger partial charge in [-0.2, -0.15) is 0 Å². The van der Waals surface area contributed by atoms with Gasteiger partial charge in [-0.3, -0.25) is 9.69 Å². The SMILES string of the molecule is CN1C(=O)N([C@@H]2COc3ccc(F)cc3C2)C(=O)C1(C)C. The lowest BCUT2D eigenvalue weighted by molar-refractivity contribution is -0.133. The number of hydrogen-bond acceptors (Lipinski definition) is 3. The van der Waals surface area contributed by atoms with Crippen LogP contribution in [0.4, 0.5) is 9.18 Å². The summed E-state index contributed by atoms with van der Waals surface area (Å²) in [7, 11) is 1.61. The number of amides is 3. The molecule has 1 atom stereocenters. The summed E-state index contributed by atoms with van der Waals surface area (Å²) < 4.78 is 18.9. The van der Waals surface area contributed by atoms with E-state index < -0.39 is 11.6 Å². The van der Waals surface area contributed by atoms with E-state index in [4.69, 9.17) is 4.74 Å². The van der Waals surface area contributed by atoms with Crippen molar-refractivity contribution in [2.24, 2.45) is 0 Å². The molecule has 2 aliphatic rings. The van der Waals surface area contributed by atoms with Gasteiger partial charge in [-0.1, -0.05) is 0 Å². The fourth-order valence-electron chi connectivity index (χ4n) is 2.76. The summed E-state index contributed by atoms with van der Waals surface area (Å²) >= 11 is 0. The second-order valence-corrected chi connectivity index (χ2v) is 6.00. The Labute approximate surface area is 122 Å². The highest BCUT2D eigenvalue weighted by atomic mass is 19.1. The molecule has 3 rings (SSSR count). The normalized spacial score (nSPS) is 24.1. The quantitative estimate of drug-likeness (QED) is 0.742. The van der Waals surface area contributed by atoms with Crippen molar-refractivity contribution in [3.8, 4) is 5.75 Å². The number of imide groups is 1. The molecule has 5 nitrogen and oxygen atoms in total. The van der Waals surface area contributed by atoms with Crippen LogP contribution in [0.1, 0.15) is 19.4 Å². The van der Waals surface area contributed by atoms with Crippen LogP contribution in [0.2, 0.25) is 0 Å². The third-order valence-electron chi connectivity index (χ3n) is 4.35. The molecule has 3 amide bonds. The van der Waals surface area contributed by atoms with Crippen LogP contribution < -0.4 is 4.74 Å². The number of urea groups is 1. The molecule has 0 bridgehead atoms. The van der Waals surface area contributed by atoms with Crippen molar-refractivity contribution in [3.05, 3.63) is 29.6 Å². The molecule has 1 fully saturated rings. The van der Waals surface area contributed by atoms with Crippen LogP contribution >= 0.6 is 0 Å². The van der Waals surface area contributed by atoms with Gasteiger partial charge in [0.2, 0.25) is 0 Å². The van der Waals surface area contributed by atoms with Gasteiger partial charge in [0.15, 0.2) is 0 Å². The second-order valence-electron chi connectivity index (χ2n) is 6.00. The minimum absolute atomic E-state index is 0.236. The van der Waals surface area contributed by atoms with Crippen LogP contribution in [-0.2, 0) is 11.2 Å². The summed E-state index contributed by atoms with van der Waals surface area (Å²) in [5, 5.41) is 0. The summed E-state index contributed by atoms with van der Waals surface area (Å²) in [6, 6.07) is 3.57. The Bertz CT molecular complexity index is 629. The summed E-state index contributed by atoms with van der Waals surface area (Å²) in [6.07, 6.45) is 0.411. The molecule has 6 heteroatoms. The van der Waals surface area contributed by atoms with Gasteiger partial charge in [0.05, 0.1) is 6.04 Å². The fraction of sp³-hybridized carbons (Fsp3) is 0.467. The van der Waals surface area contributed by atoms with E-state index in [1.165, 1.54) is 21.9 Å². The van der Waals surface area contributed by atoms with Gasteiger partial charge in [0.1, 0.15) is 23.7 Å². The monoisotopic (exact) mass is 292 g/mol. The van der Waals surface area contributed by atoms with Crippen molar-refractivity contribution in [2.75, 3.05) is 13.7 Å².